The van der Waals surface area contributed by atoms with Gasteiger partial charge in [0.15, 0.2) is 0 Å². The van der Waals surface area contributed by atoms with Crippen molar-refractivity contribution in [1.29, 1.82) is 0 Å². The number of carbonyl (C=O) groups excluding carboxylic acids is 1. The average Bonchev–Trinajstić information content (AvgIpc) is 3.30. The van der Waals surface area contributed by atoms with E-state index in [-0.39, 0.29) is 11.7 Å². The van der Waals surface area contributed by atoms with Gasteiger partial charge in [-0.2, -0.15) is 0 Å². The lowest BCUT2D eigenvalue weighted by Crippen LogP contribution is -2.34. The highest BCUT2D eigenvalue weighted by atomic mass is 32.1. The number of thiophene rings is 1. The van der Waals surface area contributed by atoms with Crippen LogP contribution in [0.4, 0.5) is 4.39 Å². The number of nitrogens with zero attached hydrogens (tertiary/aromatic N) is 1. The molecule has 2 aromatic rings. The SMILES string of the molecule is Cc1sc(C(=O)N(C)C[C@H](O)C2CC2)cc1-c1ccc(F)cc1. The van der Waals surface area contributed by atoms with Crippen LogP contribution in [0.15, 0.2) is 30.3 Å². The van der Waals surface area contributed by atoms with Crippen molar-refractivity contribution in [2.24, 2.45) is 5.92 Å². The van der Waals surface area contributed by atoms with Gasteiger partial charge in [-0.1, -0.05) is 12.1 Å². The molecule has 0 aliphatic heterocycles. The summed E-state index contributed by atoms with van der Waals surface area (Å²) in [4.78, 5) is 15.8. The van der Waals surface area contributed by atoms with Crippen molar-refractivity contribution in [3.05, 3.63) is 45.9 Å². The van der Waals surface area contributed by atoms with Crippen LogP contribution in [0.2, 0.25) is 0 Å². The molecule has 1 aliphatic carbocycles. The van der Waals surface area contributed by atoms with E-state index in [0.29, 0.717) is 17.3 Å². The van der Waals surface area contributed by atoms with Crippen LogP contribution in [0.1, 0.15) is 27.4 Å². The number of hydrogen-bond acceptors (Lipinski definition) is 3. The lowest BCUT2D eigenvalue weighted by molar-refractivity contribution is 0.0649. The minimum absolute atomic E-state index is 0.0776. The number of amides is 1. The molecule has 0 bridgehead atoms. The third-order valence-corrected chi connectivity index (χ3v) is 5.30. The summed E-state index contributed by atoms with van der Waals surface area (Å²) in [5.41, 5.74) is 1.86. The average molecular weight is 333 g/mol. The Morgan fingerprint density at radius 1 is 1.39 bits per heavy atom. The molecule has 3 nitrogen and oxygen atoms in total. The molecule has 1 fully saturated rings. The van der Waals surface area contributed by atoms with Crippen LogP contribution in [0, 0.1) is 18.7 Å². The van der Waals surface area contributed by atoms with E-state index in [1.54, 1.807) is 24.1 Å². The van der Waals surface area contributed by atoms with Crippen LogP contribution in [-0.4, -0.2) is 35.6 Å². The summed E-state index contributed by atoms with van der Waals surface area (Å²) >= 11 is 1.43. The van der Waals surface area contributed by atoms with Crippen LogP contribution < -0.4 is 0 Å². The molecule has 0 saturated heterocycles. The van der Waals surface area contributed by atoms with Crippen molar-refractivity contribution in [3.8, 4) is 11.1 Å². The van der Waals surface area contributed by atoms with Gasteiger partial charge in [0.05, 0.1) is 11.0 Å². The Balaban J connectivity index is 1.76. The Morgan fingerprint density at radius 2 is 2.04 bits per heavy atom. The maximum atomic E-state index is 13.1. The van der Waals surface area contributed by atoms with Crippen molar-refractivity contribution >= 4 is 17.2 Å². The van der Waals surface area contributed by atoms with Gasteiger partial charge in [0, 0.05) is 18.5 Å². The normalized spacial score (nSPS) is 15.5. The Morgan fingerprint density at radius 3 is 2.65 bits per heavy atom. The van der Waals surface area contributed by atoms with Gasteiger partial charge in [-0.3, -0.25) is 4.79 Å². The highest BCUT2D eigenvalue weighted by Gasteiger charge is 2.31. The number of aryl methyl sites for hydroxylation is 1. The first-order valence-corrected chi connectivity index (χ1v) is 8.57. The molecule has 0 spiro atoms. The lowest BCUT2D eigenvalue weighted by atomic mass is 10.1. The summed E-state index contributed by atoms with van der Waals surface area (Å²) in [5.74, 6) is 0.00277. The zero-order valence-corrected chi connectivity index (χ0v) is 14.1. The first kappa shape index (κ1) is 16.1. The first-order chi connectivity index (χ1) is 11.0. The summed E-state index contributed by atoms with van der Waals surface area (Å²) in [6.07, 6.45) is 1.67. The van der Waals surface area contributed by atoms with Crippen molar-refractivity contribution in [1.82, 2.24) is 4.90 Å². The molecule has 1 amide bonds. The number of aliphatic hydroxyl groups is 1. The standard InChI is InChI=1S/C18H20FNO2S/c1-11-15(12-5-7-14(19)8-6-12)9-17(23-11)18(22)20(2)10-16(21)13-3-4-13/h5-9,13,16,21H,3-4,10H2,1-2H3/t16-/m0/s1. The fraction of sp³-hybridized carbons (Fsp3) is 0.389. The molecular weight excluding hydrogens is 313 g/mol. The predicted molar refractivity (Wildman–Crippen MR) is 90.1 cm³/mol. The van der Waals surface area contributed by atoms with E-state index in [1.165, 1.54) is 23.5 Å². The molecule has 0 unspecified atom stereocenters. The summed E-state index contributed by atoms with van der Waals surface area (Å²) in [6, 6.07) is 8.14. The highest BCUT2D eigenvalue weighted by molar-refractivity contribution is 7.14. The summed E-state index contributed by atoms with van der Waals surface area (Å²) in [6.45, 7) is 2.32. The van der Waals surface area contributed by atoms with Gasteiger partial charge >= 0.3 is 0 Å². The second-order valence-corrected chi connectivity index (χ2v) is 7.43. The Hall–Kier alpha value is -1.72. The minimum Gasteiger partial charge on any atom is -0.391 e. The molecule has 3 rings (SSSR count). The van der Waals surface area contributed by atoms with Crippen LogP contribution in [0.5, 0.6) is 0 Å². The van der Waals surface area contributed by atoms with Crippen molar-refractivity contribution < 1.29 is 14.3 Å². The predicted octanol–water partition coefficient (Wildman–Crippen LogP) is 3.71. The summed E-state index contributed by atoms with van der Waals surface area (Å²) < 4.78 is 13.1. The largest absolute Gasteiger partial charge is 0.391 e. The molecule has 0 radical (unpaired) electrons. The molecule has 122 valence electrons. The van der Waals surface area contributed by atoms with Gasteiger partial charge in [-0.15, -0.1) is 11.3 Å². The van der Waals surface area contributed by atoms with Crippen LogP contribution in [0.25, 0.3) is 11.1 Å². The number of halogens is 1. The molecule has 23 heavy (non-hydrogen) atoms. The van der Waals surface area contributed by atoms with E-state index < -0.39 is 6.10 Å². The molecule has 1 N–H and O–H groups in total. The van der Waals surface area contributed by atoms with Gasteiger partial charge < -0.3 is 10.0 Å². The lowest BCUT2D eigenvalue weighted by Gasteiger charge is -2.20. The van der Waals surface area contributed by atoms with Gasteiger partial charge in [-0.25, -0.2) is 4.39 Å². The molecule has 5 heteroatoms. The van der Waals surface area contributed by atoms with Gasteiger partial charge in [0.2, 0.25) is 0 Å². The van der Waals surface area contributed by atoms with Gasteiger partial charge in [-0.05, 0) is 55.0 Å². The molecule has 1 saturated carbocycles. The van der Waals surface area contributed by atoms with E-state index in [1.807, 2.05) is 13.0 Å². The first-order valence-electron chi connectivity index (χ1n) is 7.75. The maximum Gasteiger partial charge on any atom is 0.263 e. The van der Waals surface area contributed by atoms with E-state index in [9.17, 15) is 14.3 Å². The monoisotopic (exact) mass is 333 g/mol. The summed E-state index contributed by atoms with van der Waals surface area (Å²) in [7, 11) is 1.72. The van der Waals surface area contributed by atoms with E-state index in [0.717, 1.165) is 28.8 Å². The molecule has 1 aromatic heterocycles. The van der Waals surface area contributed by atoms with E-state index >= 15 is 0 Å². The van der Waals surface area contributed by atoms with Crippen molar-refractivity contribution in [3.63, 3.8) is 0 Å². The fourth-order valence-electron chi connectivity index (χ4n) is 2.69. The smallest absolute Gasteiger partial charge is 0.263 e. The molecule has 1 aromatic carbocycles. The molecule has 1 aliphatic rings. The van der Waals surface area contributed by atoms with Crippen LogP contribution >= 0.6 is 11.3 Å². The Bertz CT molecular complexity index is 706. The number of carbonyl (C=O) groups is 1. The van der Waals surface area contributed by atoms with Crippen LogP contribution in [-0.2, 0) is 0 Å². The highest BCUT2D eigenvalue weighted by Crippen LogP contribution is 2.34. The number of hydrogen-bond donors (Lipinski definition) is 1. The van der Waals surface area contributed by atoms with Crippen molar-refractivity contribution in [2.45, 2.75) is 25.9 Å². The van der Waals surface area contributed by atoms with Crippen molar-refractivity contribution in [2.75, 3.05) is 13.6 Å². The molecular formula is C18H20FNO2S. The summed E-state index contributed by atoms with van der Waals surface area (Å²) in [5, 5.41) is 9.99. The number of benzene rings is 1. The zero-order chi connectivity index (χ0) is 16.6. The second kappa shape index (κ2) is 6.42. The zero-order valence-electron chi connectivity index (χ0n) is 13.3. The third kappa shape index (κ3) is 3.62. The molecule has 1 heterocycles. The van der Waals surface area contributed by atoms with E-state index in [4.69, 9.17) is 0 Å². The number of rotatable bonds is 5. The van der Waals surface area contributed by atoms with E-state index in [2.05, 4.69) is 0 Å². The Kier molecular flexibility index (Phi) is 4.50. The third-order valence-electron chi connectivity index (χ3n) is 4.26. The Labute approximate surface area is 139 Å². The number of likely N-dealkylation sites (N-methyl/N-ethyl adjacent to an activating group) is 1. The topological polar surface area (TPSA) is 40.5 Å². The quantitative estimate of drug-likeness (QED) is 0.906. The van der Waals surface area contributed by atoms with Gasteiger partial charge in [0.1, 0.15) is 5.82 Å². The molecule has 1 atom stereocenters. The van der Waals surface area contributed by atoms with Crippen LogP contribution in [0.3, 0.4) is 0 Å². The van der Waals surface area contributed by atoms with Gasteiger partial charge in [0.25, 0.3) is 5.91 Å². The fourth-order valence-corrected chi connectivity index (χ4v) is 3.72. The minimum atomic E-state index is -0.429. The number of aliphatic hydroxyl groups excluding tert-OH is 1. The second-order valence-electron chi connectivity index (χ2n) is 6.18. The maximum absolute atomic E-state index is 13.1.